The lowest BCUT2D eigenvalue weighted by Gasteiger charge is -2.15. The van der Waals surface area contributed by atoms with Gasteiger partial charge in [0.1, 0.15) is 18.2 Å². The Morgan fingerprint density at radius 1 is 1.22 bits per heavy atom. The topological polar surface area (TPSA) is 81.3 Å². The van der Waals surface area contributed by atoms with Gasteiger partial charge in [0, 0.05) is 5.02 Å². The first-order valence-corrected chi connectivity index (χ1v) is 8.81. The van der Waals surface area contributed by atoms with Gasteiger partial charge in [-0.2, -0.15) is 0 Å². The van der Waals surface area contributed by atoms with E-state index in [1.54, 1.807) is 37.3 Å². The van der Waals surface area contributed by atoms with Crippen LogP contribution in [0.25, 0.3) is 10.9 Å². The molecule has 3 rings (SSSR count). The number of nitrogens with zero attached hydrogens (tertiary/aromatic N) is 1. The lowest BCUT2D eigenvalue weighted by Crippen LogP contribution is -2.27. The number of aromatic amines is 1. The maximum atomic E-state index is 12.2. The van der Waals surface area contributed by atoms with Crippen molar-refractivity contribution >= 4 is 28.5 Å². The van der Waals surface area contributed by atoms with Gasteiger partial charge in [-0.15, -0.1) is 0 Å². The number of carbonyl (C=O) groups is 1. The molecule has 0 aliphatic heterocycles. The molecule has 0 fully saturated rings. The monoisotopic (exact) mass is 386 g/mol. The summed E-state index contributed by atoms with van der Waals surface area (Å²) in [4.78, 5) is 31.4. The molecule has 0 aliphatic carbocycles. The molecule has 27 heavy (non-hydrogen) atoms. The first-order chi connectivity index (χ1) is 12.8. The van der Waals surface area contributed by atoms with E-state index in [4.69, 9.17) is 21.1 Å². The highest BCUT2D eigenvalue weighted by Gasteiger charge is 2.18. The van der Waals surface area contributed by atoms with Crippen molar-refractivity contribution in [1.82, 2.24) is 9.97 Å². The number of halogens is 1. The Morgan fingerprint density at radius 3 is 2.74 bits per heavy atom. The second kappa shape index (κ2) is 7.80. The van der Waals surface area contributed by atoms with Crippen molar-refractivity contribution in [2.24, 2.45) is 0 Å². The molecule has 7 heteroatoms. The van der Waals surface area contributed by atoms with Gasteiger partial charge in [0.25, 0.3) is 5.56 Å². The van der Waals surface area contributed by atoms with E-state index in [1.165, 1.54) is 0 Å². The SMILES string of the molecule is Cc1cc(Cl)ccc1OC(C)C(=O)OCc1nc2c(C)cccc2c(=O)[nH]1. The van der Waals surface area contributed by atoms with Crippen molar-refractivity contribution in [3.05, 3.63) is 68.7 Å². The lowest BCUT2D eigenvalue weighted by atomic mass is 10.1. The van der Waals surface area contributed by atoms with Gasteiger partial charge < -0.3 is 14.5 Å². The van der Waals surface area contributed by atoms with Gasteiger partial charge in [0.15, 0.2) is 6.10 Å². The maximum Gasteiger partial charge on any atom is 0.347 e. The lowest BCUT2D eigenvalue weighted by molar-refractivity contribution is -0.152. The molecular weight excluding hydrogens is 368 g/mol. The van der Waals surface area contributed by atoms with Crippen LogP contribution < -0.4 is 10.3 Å². The van der Waals surface area contributed by atoms with Crippen LogP contribution in [0.2, 0.25) is 5.02 Å². The molecule has 6 nitrogen and oxygen atoms in total. The zero-order valence-corrected chi connectivity index (χ0v) is 16.0. The van der Waals surface area contributed by atoms with Gasteiger partial charge in [0.2, 0.25) is 0 Å². The third-order valence-corrected chi connectivity index (χ3v) is 4.35. The average Bonchev–Trinajstić information content (AvgIpc) is 2.63. The third-order valence-electron chi connectivity index (χ3n) is 4.11. The zero-order chi connectivity index (χ0) is 19.6. The van der Waals surface area contributed by atoms with Crippen LogP contribution in [0.1, 0.15) is 23.9 Å². The number of ether oxygens (including phenoxy) is 2. The predicted molar refractivity (Wildman–Crippen MR) is 103 cm³/mol. The quantitative estimate of drug-likeness (QED) is 0.676. The summed E-state index contributed by atoms with van der Waals surface area (Å²) in [6.07, 6.45) is -0.821. The fraction of sp³-hybridized carbons (Fsp3) is 0.250. The molecule has 1 aromatic heterocycles. The molecule has 0 amide bonds. The summed E-state index contributed by atoms with van der Waals surface area (Å²) in [5, 5.41) is 1.09. The van der Waals surface area contributed by atoms with Crippen molar-refractivity contribution in [1.29, 1.82) is 0 Å². The highest BCUT2D eigenvalue weighted by atomic mass is 35.5. The molecule has 0 bridgehead atoms. The van der Waals surface area contributed by atoms with Crippen LogP contribution in [-0.2, 0) is 16.1 Å². The Kier molecular flexibility index (Phi) is 5.46. The molecule has 0 aliphatic rings. The zero-order valence-electron chi connectivity index (χ0n) is 15.2. The molecule has 1 unspecified atom stereocenters. The Hall–Kier alpha value is -2.86. The summed E-state index contributed by atoms with van der Waals surface area (Å²) >= 11 is 5.92. The number of hydrogen-bond acceptors (Lipinski definition) is 5. The van der Waals surface area contributed by atoms with Crippen LogP contribution in [0.15, 0.2) is 41.2 Å². The number of H-pyrrole nitrogens is 1. The second-order valence-corrected chi connectivity index (χ2v) is 6.70. The number of fused-ring (bicyclic) bond motifs is 1. The highest BCUT2D eigenvalue weighted by molar-refractivity contribution is 6.30. The van der Waals surface area contributed by atoms with E-state index in [9.17, 15) is 9.59 Å². The predicted octanol–water partition coefficient (Wildman–Crippen LogP) is 3.70. The second-order valence-electron chi connectivity index (χ2n) is 6.26. The van der Waals surface area contributed by atoms with E-state index in [0.29, 0.717) is 21.7 Å². The van der Waals surface area contributed by atoms with E-state index in [0.717, 1.165) is 11.1 Å². The van der Waals surface area contributed by atoms with Crippen molar-refractivity contribution in [3.63, 3.8) is 0 Å². The Morgan fingerprint density at radius 2 is 2.00 bits per heavy atom. The Bertz CT molecular complexity index is 1060. The number of carbonyl (C=O) groups excluding carboxylic acids is 1. The molecule has 1 heterocycles. The van der Waals surface area contributed by atoms with Crippen LogP contribution in [0.4, 0.5) is 0 Å². The molecule has 0 saturated heterocycles. The van der Waals surface area contributed by atoms with Gasteiger partial charge in [0.05, 0.1) is 10.9 Å². The van der Waals surface area contributed by atoms with Crippen LogP contribution in [0.5, 0.6) is 5.75 Å². The van der Waals surface area contributed by atoms with E-state index < -0.39 is 12.1 Å². The first kappa shape index (κ1) is 18.9. The van der Waals surface area contributed by atoms with E-state index >= 15 is 0 Å². The summed E-state index contributed by atoms with van der Waals surface area (Å²) in [5.41, 5.74) is 2.02. The summed E-state index contributed by atoms with van der Waals surface area (Å²) in [6.45, 7) is 5.16. The van der Waals surface area contributed by atoms with Crippen molar-refractivity contribution in [2.75, 3.05) is 0 Å². The van der Waals surface area contributed by atoms with Crippen molar-refractivity contribution in [2.45, 2.75) is 33.5 Å². The van der Waals surface area contributed by atoms with Crippen molar-refractivity contribution in [3.8, 4) is 5.75 Å². The van der Waals surface area contributed by atoms with Crippen LogP contribution in [0.3, 0.4) is 0 Å². The molecule has 2 aromatic carbocycles. The molecular formula is C20H19ClN2O4. The Labute approximate surface area is 161 Å². The summed E-state index contributed by atoms with van der Waals surface area (Å²) in [5.74, 6) is 0.276. The standard InChI is InChI=1S/C20H19ClN2O4/c1-11-5-4-6-15-18(11)22-17(23-19(15)24)10-26-20(25)13(3)27-16-8-7-14(21)9-12(16)2/h4-9,13H,10H2,1-3H3,(H,22,23,24). The van der Waals surface area contributed by atoms with Gasteiger partial charge in [-0.05, 0) is 56.2 Å². The minimum Gasteiger partial charge on any atom is -0.479 e. The number of esters is 1. The summed E-state index contributed by atoms with van der Waals surface area (Å²) in [7, 11) is 0. The van der Waals surface area contributed by atoms with E-state index in [2.05, 4.69) is 9.97 Å². The number of nitrogens with one attached hydrogen (secondary N) is 1. The Balaban J connectivity index is 1.69. The van der Waals surface area contributed by atoms with Gasteiger partial charge in [-0.1, -0.05) is 23.7 Å². The van der Waals surface area contributed by atoms with Crippen LogP contribution in [0, 0.1) is 13.8 Å². The fourth-order valence-corrected chi connectivity index (χ4v) is 2.89. The molecule has 1 atom stereocenters. The first-order valence-electron chi connectivity index (χ1n) is 8.43. The maximum absolute atomic E-state index is 12.2. The number of benzene rings is 2. The highest BCUT2D eigenvalue weighted by Crippen LogP contribution is 2.23. The number of rotatable bonds is 5. The summed E-state index contributed by atoms with van der Waals surface area (Å²) in [6, 6.07) is 10.5. The minimum atomic E-state index is -0.821. The van der Waals surface area contributed by atoms with Gasteiger partial charge >= 0.3 is 5.97 Å². The van der Waals surface area contributed by atoms with Crippen molar-refractivity contribution < 1.29 is 14.3 Å². The van der Waals surface area contributed by atoms with Gasteiger partial charge in [-0.25, -0.2) is 9.78 Å². The number of aromatic nitrogens is 2. The van der Waals surface area contributed by atoms with E-state index in [1.807, 2.05) is 19.9 Å². The van der Waals surface area contributed by atoms with Gasteiger partial charge in [-0.3, -0.25) is 4.79 Å². The molecule has 1 N–H and O–H groups in total. The van der Waals surface area contributed by atoms with E-state index in [-0.39, 0.29) is 18.0 Å². The summed E-state index contributed by atoms with van der Waals surface area (Å²) < 4.78 is 10.9. The minimum absolute atomic E-state index is 0.147. The number of para-hydroxylation sites is 1. The van der Waals surface area contributed by atoms with Crippen LogP contribution >= 0.6 is 11.6 Å². The molecule has 0 radical (unpaired) electrons. The average molecular weight is 387 g/mol. The fourth-order valence-electron chi connectivity index (χ4n) is 2.66. The number of hydrogen-bond donors (Lipinski definition) is 1. The molecule has 3 aromatic rings. The van der Waals surface area contributed by atoms with Crippen LogP contribution in [-0.4, -0.2) is 22.0 Å². The number of aryl methyl sites for hydroxylation is 2. The third kappa shape index (κ3) is 4.28. The molecule has 140 valence electrons. The smallest absolute Gasteiger partial charge is 0.347 e. The largest absolute Gasteiger partial charge is 0.479 e. The molecule has 0 spiro atoms. The molecule has 0 saturated carbocycles. The normalized spacial score (nSPS) is 12.0.